The zero-order valence-corrected chi connectivity index (χ0v) is 18.5. The maximum atomic E-state index is 8.21. The summed E-state index contributed by atoms with van der Waals surface area (Å²) in [6.45, 7) is 12.9. The van der Waals surface area contributed by atoms with E-state index in [-0.39, 0.29) is 108 Å². The van der Waals surface area contributed by atoms with Gasteiger partial charge in [0.15, 0.2) is 0 Å². The number of aryl methyl sites for hydroxylation is 1. The molecular weight excluding hydrogens is 476 g/mol. The molecule has 0 heterocycles. The number of ether oxygens (including phenoxy) is 3. The van der Waals surface area contributed by atoms with E-state index in [1.807, 2.05) is 45.9 Å². The first-order valence-electron chi connectivity index (χ1n) is 9.17. The largest absolute Gasteiger partial charge is 0.396 e. The van der Waals surface area contributed by atoms with E-state index in [4.69, 9.17) is 14.9 Å². The maximum absolute atomic E-state index is 8.21. The number of benzene rings is 1. The molecule has 0 aliphatic heterocycles. The molecule has 1 rings (SSSR count). The van der Waals surface area contributed by atoms with Crippen LogP contribution in [-0.4, -0.2) is 63.6 Å². The zero-order valence-electron chi connectivity index (χ0n) is 18.5. The van der Waals surface area contributed by atoms with Crippen LogP contribution in [-0.2, 0) is 14.2 Å². The summed E-state index contributed by atoms with van der Waals surface area (Å²) >= 11 is 0. The second kappa shape index (κ2) is 110. The monoisotopic (exact) mass is 569 g/mol. The van der Waals surface area contributed by atoms with Gasteiger partial charge in [0.2, 0.25) is 0 Å². The van der Waals surface area contributed by atoms with Crippen LogP contribution in [0.15, 0.2) is 30.3 Å². The number of rotatable bonds is 6. The minimum atomic E-state index is -0.00926. The highest BCUT2D eigenvalue weighted by Crippen LogP contribution is 1.92. The molecule has 38 heavy (non-hydrogen) atoms. The van der Waals surface area contributed by atoms with Gasteiger partial charge in [-0.15, -0.1) is 0 Å². The van der Waals surface area contributed by atoms with Gasteiger partial charge < -0.3 is 24.4 Å². The Labute approximate surface area is 250 Å². The molecule has 0 radical (unpaired) electrons. The third kappa shape index (κ3) is 158. The van der Waals surface area contributed by atoms with Crippen molar-refractivity contribution < 1.29 is 24.4 Å². The van der Waals surface area contributed by atoms with Gasteiger partial charge in [-0.1, -0.05) is 139 Å². The highest BCUT2D eigenvalue weighted by molar-refractivity contribution is 5.11. The fourth-order valence-electron chi connectivity index (χ4n) is 0.818. The molecule has 1 unspecified atom stereocenters. The Balaban J connectivity index is -0.0000000108. The average Bonchev–Trinajstić information content (AvgIpc) is 2.69. The van der Waals surface area contributed by atoms with Crippen LogP contribution in [0, 0.1) is 6.92 Å². The van der Waals surface area contributed by atoms with Gasteiger partial charge in [-0.3, -0.25) is 0 Å². The first-order chi connectivity index (χ1) is 12.4. The SMILES string of the molecule is C.C.C.C.C.C.C.C.C.C.C.C.CC.COC(C)C.COC(C)CO.COCCCO.Cc1ccccc1. The molecule has 0 saturated heterocycles. The van der Waals surface area contributed by atoms with Crippen LogP contribution in [0.25, 0.3) is 0 Å². The molecular formula is C33H92O5. The Kier molecular flexibility index (Phi) is 315. The normalized spacial score (nSPS) is 6.74. The third-order valence-electron chi connectivity index (χ3n) is 2.58. The van der Waals surface area contributed by atoms with Crippen molar-refractivity contribution in [3.05, 3.63) is 35.9 Å². The Bertz CT molecular complexity index is 300. The van der Waals surface area contributed by atoms with Crippen molar-refractivity contribution in [1.82, 2.24) is 0 Å². The van der Waals surface area contributed by atoms with Gasteiger partial charge in [0.05, 0.1) is 18.8 Å². The number of aliphatic hydroxyl groups is 2. The topological polar surface area (TPSA) is 68.2 Å². The van der Waals surface area contributed by atoms with E-state index >= 15 is 0 Å². The molecule has 0 fully saturated rings. The van der Waals surface area contributed by atoms with Crippen molar-refractivity contribution in [2.24, 2.45) is 0 Å². The second-order valence-electron chi connectivity index (χ2n) is 5.24. The minimum Gasteiger partial charge on any atom is -0.396 e. The van der Waals surface area contributed by atoms with Crippen molar-refractivity contribution in [3.8, 4) is 0 Å². The molecule has 5 nitrogen and oxygen atoms in total. The fourth-order valence-corrected chi connectivity index (χ4v) is 0.818. The summed E-state index contributed by atoms with van der Waals surface area (Å²) in [7, 11) is 4.89. The Morgan fingerprint density at radius 1 is 0.632 bits per heavy atom. The van der Waals surface area contributed by atoms with Gasteiger partial charge in [0.1, 0.15) is 0 Å². The number of methoxy groups -OCH3 is 3. The summed E-state index contributed by atoms with van der Waals surface area (Å²) in [4.78, 5) is 0. The fraction of sp³-hybridized carbons (Fsp3) is 0.818. The van der Waals surface area contributed by atoms with Crippen molar-refractivity contribution in [3.63, 3.8) is 0 Å². The van der Waals surface area contributed by atoms with Crippen LogP contribution in [0.4, 0.5) is 0 Å². The standard InChI is InChI=1S/C7H8.2C4H10O2.C4H10O.C2H6.12CH4/c1-7-5-3-2-4-6-7;1-4(3-5)6-2;1-6-4-2-3-5;1-4(2)5-3;1-2;;;;;;;;;;;;/h2-6H,1H3;4-5H,3H2,1-2H3;5H,2-4H2,1H3;4H,1-3H3;1-2H3;12*1H4. The molecule has 1 aromatic carbocycles. The Hall–Kier alpha value is -0.980. The third-order valence-corrected chi connectivity index (χ3v) is 2.58. The molecule has 0 saturated carbocycles. The first kappa shape index (κ1) is 109. The lowest BCUT2D eigenvalue weighted by atomic mass is 10.2. The van der Waals surface area contributed by atoms with Gasteiger partial charge in [0.25, 0.3) is 0 Å². The molecule has 5 heteroatoms. The number of hydrogen-bond donors (Lipinski definition) is 2. The molecule has 0 aromatic heterocycles. The highest BCUT2D eigenvalue weighted by Gasteiger charge is 1.90. The summed E-state index contributed by atoms with van der Waals surface area (Å²) in [6.07, 6.45) is 1.12. The van der Waals surface area contributed by atoms with E-state index in [2.05, 4.69) is 28.5 Å². The van der Waals surface area contributed by atoms with E-state index in [0.29, 0.717) is 12.7 Å². The van der Waals surface area contributed by atoms with Gasteiger partial charge in [-0.25, -0.2) is 0 Å². The van der Waals surface area contributed by atoms with E-state index in [1.165, 1.54) is 5.56 Å². The first-order valence-corrected chi connectivity index (χ1v) is 9.17. The lowest BCUT2D eigenvalue weighted by Gasteiger charge is -2.00. The molecule has 254 valence electrons. The molecule has 0 amide bonds. The molecule has 2 N–H and O–H groups in total. The van der Waals surface area contributed by atoms with Crippen molar-refractivity contribution in [1.29, 1.82) is 0 Å². The quantitative estimate of drug-likeness (QED) is 0.334. The summed E-state index contributed by atoms with van der Waals surface area (Å²) in [5, 5.41) is 16.3. The van der Waals surface area contributed by atoms with E-state index < -0.39 is 0 Å². The molecule has 0 bridgehead atoms. The predicted molar refractivity (Wildman–Crippen MR) is 193 cm³/mol. The van der Waals surface area contributed by atoms with Crippen LogP contribution in [0.1, 0.15) is 136 Å². The van der Waals surface area contributed by atoms with Crippen LogP contribution >= 0.6 is 0 Å². The minimum absolute atomic E-state index is 0. The highest BCUT2D eigenvalue weighted by atomic mass is 16.5. The van der Waals surface area contributed by atoms with Gasteiger partial charge in [-0.05, 0) is 34.1 Å². The molecule has 0 spiro atoms. The number of hydrogen-bond acceptors (Lipinski definition) is 5. The van der Waals surface area contributed by atoms with Gasteiger partial charge in [0, 0.05) is 34.5 Å². The van der Waals surface area contributed by atoms with E-state index in [0.717, 1.165) is 6.42 Å². The molecule has 1 aromatic rings. The lowest BCUT2D eigenvalue weighted by Crippen LogP contribution is -2.08. The summed E-state index contributed by atoms with van der Waals surface area (Å²) in [6, 6.07) is 10.3. The van der Waals surface area contributed by atoms with Gasteiger partial charge in [-0.2, -0.15) is 0 Å². The second-order valence-corrected chi connectivity index (χ2v) is 5.24. The molecule has 1 atom stereocenters. The molecule has 0 aliphatic rings. The lowest BCUT2D eigenvalue weighted by molar-refractivity contribution is 0.0623. The zero-order chi connectivity index (χ0) is 21.2. The van der Waals surface area contributed by atoms with Gasteiger partial charge >= 0.3 is 0 Å². The summed E-state index contributed by atoms with van der Waals surface area (Å²) in [5.41, 5.74) is 1.32. The van der Waals surface area contributed by atoms with Crippen LogP contribution in [0.3, 0.4) is 0 Å². The van der Waals surface area contributed by atoms with Crippen LogP contribution in [0.2, 0.25) is 0 Å². The molecule has 0 aliphatic carbocycles. The average molecular weight is 569 g/mol. The predicted octanol–water partition coefficient (Wildman–Crippen LogP) is 11.7. The van der Waals surface area contributed by atoms with E-state index in [1.54, 1.807) is 28.3 Å². The van der Waals surface area contributed by atoms with Crippen molar-refractivity contribution >= 4 is 0 Å². The Morgan fingerprint density at radius 3 is 1.03 bits per heavy atom. The van der Waals surface area contributed by atoms with E-state index in [9.17, 15) is 0 Å². The number of aliphatic hydroxyl groups excluding tert-OH is 2. The van der Waals surface area contributed by atoms with Crippen molar-refractivity contribution in [2.75, 3.05) is 41.2 Å². The van der Waals surface area contributed by atoms with Crippen LogP contribution < -0.4 is 0 Å². The van der Waals surface area contributed by atoms with Crippen molar-refractivity contribution in [2.45, 2.75) is 149 Å². The maximum Gasteiger partial charge on any atom is 0.0773 e. The van der Waals surface area contributed by atoms with Crippen LogP contribution in [0.5, 0.6) is 0 Å². The summed E-state index contributed by atoms with van der Waals surface area (Å²) < 4.78 is 14.0. The smallest absolute Gasteiger partial charge is 0.0773 e. The Morgan fingerprint density at radius 2 is 0.947 bits per heavy atom. The summed E-state index contributed by atoms with van der Waals surface area (Å²) in [5.74, 6) is 0.